The van der Waals surface area contributed by atoms with E-state index in [1.165, 1.54) is 11.4 Å². The van der Waals surface area contributed by atoms with Crippen LogP contribution in [0.25, 0.3) is 0 Å². The molecule has 0 aliphatic carbocycles. The average molecular weight is 140 g/mol. The summed E-state index contributed by atoms with van der Waals surface area (Å²) in [6.07, 6.45) is 0. The smallest absolute Gasteiger partial charge is 0.0845 e. The Morgan fingerprint density at radius 3 is 2.00 bits per heavy atom. The van der Waals surface area contributed by atoms with E-state index in [0.717, 1.165) is 6.67 Å². The van der Waals surface area contributed by atoms with Crippen LogP contribution in [0.15, 0.2) is 11.4 Å². The second kappa shape index (κ2) is 2.19. The Morgan fingerprint density at radius 1 is 1.20 bits per heavy atom. The number of nitrogens with one attached hydrogen (secondary N) is 2. The van der Waals surface area contributed by atoms with Crippen molar-refractivity contribution in [2.45, 2.75) is 27.7 Å². The lowest BCUT2D eigenvalue weighted by atomic mass is 9.91. The molecule has 0 saturated carbocycles. The molecule has 2 heteroatoms. The van der Waals surface area contributed by atoms with Crippen LogP contribution in [0.5, 0.6) is 0 Å². The Bertz CT molecular complexity index is 163. The normalized spacial score (nSPS) is 18.8. The van der Waals surface area contributed by atoms with Crippen LogP contribution >= 0.6 is 0 Å². The molecule has 1 aliphatic heterocycles. The van der Waals surface area contributed by atoms with Crippen LogP contribution in [0.4, 0.5) is 0 Å². The molecule has 0 atom stereocenters. The Labute approximate surface area is 62.7 Å². The van der Waals surface area contributed by atoms with E-state index in [2.05, 4.69) is 38.3 Å². The van der Waals surface area contributed by atoms with Gasteiger partial charge in [-0.05, 0) is 6.92 Å². The number of hydrogen-bond acceptors (Lipinski definition) is 2. The van der Waals surface area contributed by atoms with Gasteiger partial charge in [0.15, 0.2) is 0 Å². The van der Waals surface area contributed by atoms with Crippen molar-refractivity contribution in [3.63, 3.8) is 0 Å². The standard InChI is InChI=1S/C8H16N2/c1-6-7(8(2,3)4)10-5-9-6/h9-10H,5H2,1-4H3. The van der Waals surface area contributed by atoms with E-state index in [-0.39, 0.29) is 5.41 Å². The molecule has 1 rings (SSSR count). The number of hydrogen-bond donors (Lipinski definition) is 2. The maximum absolute atomic E-state index is 3.31. The van der Waals surface area contributed by atoms with Gasteiger partial charge in [-0.15, -0.1) is 0 Å². The fourth-order valence-electron chi connectivity index (χ4n) is 1.31. The van der Waals surface area contributed by atoms with Crippen molar-refractivity contribution < 1.29 is 0 Å². The first-order valence-electron chi connectivity index (χ1n) is 3.71. The highest BCUT2D eigenvalue weighted by Gasteiger charge is 2.22. The van der Waals surface area contributed by atoms with Gasteiger partial charge in [-0.1, -0.05) is 20.8 Å². The van der Waals surface area contributed by atoms with Gasteiger partial charge in [0.25, 0.3) is 0 Å². The first-order chi connectivity index (χ1) is 4.52. The third-order valence-corrected chi connectivity index (χ3v) is 1.74. The first kappa shape index (κ1) is 7.45. The second-order valence-corrected chi connectivity index (χ2v) is 3.78. The number of rotatable bonds is 0. The highest BCUT2D eigenvalue weighted by molar-refractivity contribution is 5.19. The summed E-state index contributed by atoms with van der Waals surface area (Å²) in [4.78, 5) is 0. The van der Waals surface area contributed by atoms with Crippen LogP contribution in [0.2, 0.25) is 0 Å². The zero-order valence-electron chi connectivity index (χ0n) is 7.21. The highest BCUT2D eigenvalue weighted by Crippen LogP contribution is 2.26. The van der Waals surface area contributed by atoms with Crippen LogP contribution in [0.1, 0.15) is 27.7 Å². The lowest BCUT2D eigenvalue weighted by Crippen LogP contribution is -2.22. The maximum atomic E-state index is 3.31. The van der Waals surface area contributed by atoms with Gasteiger partial charge in [0.05, 0.1) is 6.67 Å². The van der Waals surface area contributed by atoms with Crippen LogP contribution < -0.4 is 10.6 Å². The van der Waals surface area contributed by atoms with Gasteiger partial charge in [-0.2, -0.15) is 0 Å². The summed E-state index contributed by atoms with van der Waals surface area (Å²) in [5.74, 6) is 0. The highest BCUT2D eigenvalue weighted by atomic mass is 15.1. The molecule has 2 N–H and O–H groups in total. The zero-order chi connectivity index (χ0) is 7.78. The molecule has 0 spiro atoms. The van der Waals surface area contributed by atoms with Crippen molar-refractivity contribution >= 4 is 0 Å². The van der Waals surface area contributed by atoms with Gasteiger partial charge < -0.3 is 10.6 Å². The Hall–Kier alpha value is -0.660. The molecule has 0 radical (unpaired) electrons. The predicted octanol–water partition coefficient (Wildman–Crippen LogP) is 1.41. The summed E-state index contributed by atoms with van der Waals surface area (Å²) in [6.45, 7) is 9.64. The minimum atomic E-state index is 0.258. The van der Waals surface area contributed by atoms with Crippen molar-refractivity contribution in [1.29, 1.82) is 0 Å². The fourth-order valence-corrected chi connectivity index (χ4v) is 1.31. The SMILES string of the molecule is CC1=C(C(C)(C)C)NCN1. The lowest BCUT2D eigenvalue weighted by Gasteiger charge is -2.20. The molecule has 1 aliphatic rings. The quantitative estimate of drug-likeness (QED) is 0.531. The van der Waals surface area contributed by atoms with Crippen molar-refractivity contribution in [3.8, 4) is 0 Å². The molecule has 0 bridgehead atoms. The van der Waals surface area contributed by atoms with E-state index in [0.29, 0.717) is 0 Å². The number of allylic oxidation sites excluding steroid dienone is 2. The average Bonchev–Trinajstić information content (AvgIpc) is 2.11. The topological polar surface area (TPSA) is 24.1 Å². The molecular formula is C8H16N2. The first-order valence-corrected chi connectivity index (χ1v) is 3.71. The summed E-state index contributed by atoms with van der Waals surface area (Å²) in [5, 5.41) is 6.56. The van der Waals surface area contributed by atoms with Crippen LogP contribution in [-0.2, 0) is 0 Å². The summed E-state index contributed by atoms with van der Waals surface area (Å²) >= 11 is 0. The molecule has 0 fully saturated rings. The van der Waals surface area contributed by atoms with E-state index >= 15 is 0 Å². The Kier molecular flexibility index (Phi) is 1.63. The van der Waals surface area contributed by atoms with E-state index in [9.17, 15) is 0 Å². The molecule has 0 aromatic rings. The van der Waals surface area contributed by atoms with Crippen LogP contribution in [0.3, 0.4) is 0 Å². The minimum absolute atomic E-state index is 0.258. The summed E-state index contributed by atoms with van der Waals surface area (Å²) in [6, 6.07) is 0. The second-order valence-electron chi connectivity index (χ2n) is 3.78. The summed E-state index contributed by atoms with van der Waals surface area (Å²) in [5.41, 5.74) is 2.88. The van der Waals surface area contributed by atoms with Crippen LogP contribution in [-0.4, -0.2) is 6.67 Å². The van der Waals surface area contributed by atoms with Gasteiger partial charge in [-0.25, -0.2) is 0 Å². The monoisotopic (exact) mass is 140 g/mol. The zero-order valence-corrected chi connectivity index (χ0v) is 7.21. The largest absolute Gasteiger partial charge is 0.370 e. The fraction of sp³-hybridized carbons (Fsp3) is 0.750. The minimum Gasteiger partial charge on any atom is -0.370 e. The van der Waals surface area contributed by atoms with Crippen molar-refractivity contribution in [2.75, 3.05) is 6.67 Å². The van der Waals surface area contributed by atoms with Gasteiger partial charge in [0.1, 0.15) is 0 Å². The third-order valence-electron chi connectivity index (χ3n) is 1.74. The Morgan fingerprint density at radius 2 is 1.80 bits per heavy atom. The van der Waals surface area contributed by atoms with E-state index < -0.39 is 0 Å². The van der Waals surface area contributed by atoms with E-state index in [4.69, 9.17) is 0 Å². The van der Waals surface area contributed by atoms with Gasteiger partial charge in [-0.3, -0.25) is 0 Å². The third kappa shape index (κ3) is 1.25. The van der Waals surface area contributed by atoms with Gasteiger partial charge in [0, 0.05) is 16.8 Å². The van der Waals surface area contributed by atoms with Crippen molar-refractivity contribution in [3.05, 3.63) is 11.4 Å². The van der Waals surface area contributed by atoms with E-state index in [1.807, 2.05) is 0 Å². The summed E-state index contributed by atoms with van der Waals surface area (Å²) < 4.78 is 0. The molecule has 0 aromatic heterocycles. The molecule has 2 nitrogen and oxygen atoms in total. The lowest BCUT2D eigenvalue weighted by molar-refractivity contribution is 0.471. The van der Waals surface area contributed by atoms with Gasteiger partial charge in [0.2, 0.25) is 0 Å². The molecule has 58 valence electrons. The molecule has 0 unspecified atom stereocenters. The Balaban J connectivity index is 2.81. The molecule has 0 amide bonds. The maximum Gasteiger partial charge on any atom is 0.0845 e. The predicted molar refractivity (Wildman–Crippen MR) is 43.3 cm³/mol. The molecule has 10 heavy (non-hydrogen) atoms. The molecule has 1 heterocycles. The van der Waals surface area contributed by atoms with Crippen LogP contribution in [0, 0.1) is 5.41 Å². The summed E-state index contributed by atoms with van der Waals surface area (Å²) in [7, 11) is 0. The molecule has 0 saturated heterocycles. The van der Waals surface area contributed by atoms with Crippen molar-refractivity contribution in [2.24, 2.45) is 5.41 Å². The van der Waals surface area contributed by atoms with E-state index in [1.54, 1.807) is 0 Å². The molecular weight excluding hydrogens is 124 g/mol. The van der Waals surface area contributed by atoms with Gasteiger partial charge >= 0.3 is 0 Å². The van der Waals surface area contributed by atoms with Crippen molar-refractivity contribution in [1.82, 2.24) is 10.6 Å². The molecule has 0 aromatic carbocycles.